The summed E-state index contributed by atoms with van der Waals surface area (Å²) in [7, 11) is 0. The first kappa shape index (κ1) is 18.0. The van der Waals surface area contributed by atoms with Gasteiger partial charge in [-0.1, -0.05) is 12.1 Å². The minimum absolute atomic E-state index is 0.0776. The molecule has 0 radical (unpaired) electrons. The van der Waals surface area contributed by atoms with E-state index in [0.29, 0.717) is 24.4 Å². The highest BCUT2D eigenvalue weighted by Crippen LogP contribution is 2.32. The Kier molecular flexibility index (Phi) is 4.97. The predicted molar refractivity (Wildman–Crippen MR) is 106 cm³/mol. The van der Waals surface area contributed by atoms with Crippen LogP contribution in [-0.2, 0) is 4.74 Å². The number of ether oxygens (including phenoxy) is 1. The average molecular weight is 378 g/mol. The smallest absolute Gasteiger partial charge is 0.338 e. The van der Waals surface area contributed by atoms with Crippen LogP contribution in [0.5, 0.6) is 0 Å². The number of nitrogens with one attached hydrogen (secondary N) is 2. The molecule has 0 bridgehead atoms. The summed E-state index contributed by atoms with van der Waals surface area (Å²) in [5, 5.41) is 2.91. The summed E-state index contributed by atoms with van der Waals surface area (Å²) in [4.78, 5) is 34.3. The molecule has 2 amide bonds. The third-order valence-corrected chi connectivity index (χ3v) is 4.88. The Hall–Kier alpha value is -3.35. The lowest BCUT2D eigenvalue weighted by Gasteiger charge is -2.23. The quantitative estimate of drug-likeness (QED) is 0.669. The largest absolute Gasteiger partial charge is 0.462 e. The van der Waals surface area contributed by atoms with Gasteiger partial charge in [-0.15, -0.1) is 0 Å². The second kappa shape index (κ2) is 7.72. The number of H-pyrrole nitrogens is 1. The minimum Gasteiger partial charge on any atom is -0.462 e. The first-order valence-corrected chi connectivity index (χ1v) is 9.45. The fourth-order valence-corrected chi connectivity index (χ4v) is 3.52. The second-order valence-corrected chi connectivity index (χ2v) is 6.72. The average Bonchev–Trinajstić information content (AvgIpc) is 3.35. The first-order chi connectivity index (χ1) is 13.7. The van der Waals surface area contributed by atoms with Crippen LogP contribution >= 0.6 is 0 Å². The van der Waals surface area contributed by atoms with Crippen molar-refractivity contribution < 1.29 is 14.3 Å². The van der Waals surface area contributed by atoms with Crippen LogP contribution in [0.3, 0.4) is 0 Å². The maximum Gasteiger partial charge on any atom is 0.338 e. The predicted octanol–water partition coefficient (Wildman–Crippen LogP) is 4.11. The van der Waals surface area contributed by atoms with Gasteiger partial charge in [0.05, 0.1) is 29.2 Å². The third kappa shape index (κ3) is 3.55. The zero-order valence-corrected chi connectivity index (χ0v) is 15.6. The molecule has 1 aliphatic rings. The van der Waals surface area contributed by atoms with Crippen molar-refractivity contribution in [2.75, 3.05) is 18.5 Å². The monoisotopic (exact) mass is 378 g/mol. The zero-order chi connectivity index (χ0) is 19.5. The van der Waals surface area contributed by atoms with Gasteiger partial charge in [0.2, 0.25) is 0 Å². The topological polar surface area (TPSA) is 87.3 Å². The van der Waals surface area contributed by atoms with E-state index in [1.165, 1.54) is 0 Å². The number of aromatic amines is 1. The molecule has 0 unspecified atom stereocenters. The zero-order valence-electron chi connectivity index (χ0n) is 15.6. The van der Waals surface area contributed by atoms with Crippen molar-refractivity contribution in [2.45, 2.75) is 25.8 Å². The number of carbonyl (C=O) groups is 2. The molecule has 7 heteroatoms. The number of rotatable bonds is 4. The van der Waals surface area contributed by atoms with Crippen LogP contribution in [0.15, 0.2) is 48.5 Å². The molecule has 0 spiro atoms. The van der Waals surface area contributed by atoms with Gasteiger partial charge in [0.15, 0.2) is 0 Å². The molecule has 0 saturated carbocycles. The maximum absolute atomic E-state index is 12.8. The van der Waals surface area contributed by atoms with Crippen LogP contribution in [0, 0.1) is 0 Å². The van der Waals surface area contributed by atoms with Crippen LogP contribution in [0.25, 0.3) is 11.0 Å². The van der Waals surface area contributed by atoms with E-state index in [-0.39, 0.29) is 18.0 Å². The highest BCUT2D eigenvalue weighted by molar-refractivity contribution is 5.92. The summed E-state index contributed by atoms with van der Waals surface area (Å²) in [5.41, 5.74) is 2.97. The summed E-state index contributed by atoms with van der Waals surface area (Å²) in [6, 6.07) is 14.3. The Labute approximate surface area is 162 Å². The van der Waals surface area contributed by atoms with Crippen LogP contribution in [0.1, 0.15) is 42.0 Å². The Morgan fingerprint density at radius 2 is 2.00 bits per heavy atom. The molecule has 3 aromatic rings. The molecule has 144 valence electrons. The van der Waals surface area contributed by atoms with Crippen molar-refractivity contribution in [3.05, 3.63) is 59.9 Å². The van der Waals surface area contributed by atoms with Crippen molar-refractivity contribution in [3.8, 4) is 0 Å². The summed E-state index contributed by atoms with van der Waals surface area (Å²) in [5.74, 6) is 0.441. The molecular formula is C21H22N4O3. The van der Waals surface area contributed by atoms with Gasteiger partial charge in [-0.2, -0.15) is 0 Å². The molecule has 2 aromatic carbocycles. The Balaban J connectivity index is 1.47. The number of hydrogen-bond donors (Lipinski definition) is 2. The van der Waals surface area contributed by atoms with Crippen LogP contribution in [0.2, 0.25) is 0 Å². The normalized spacial score (nSPS) is 16.3. The SMILES string of the molecule is CCOC(=O)c1ccc(NC(=O)N2CCC[C@@H]2c2nc3ccccc3[nH]2)cc1. The van der Waals surface area contributed by atoms with Gasteiger partial charge in [0, 0.05) is 12.2 Å². The lowest BCUT2D eigenvalue weighted by molar-refractivity contribution is 0.0526. The Morgan fingerprint density at radius 1 is 1.21 bits per heavy atom. The number of hydrogen-bond acceptors (Lipinski definition) is 4. The van der Waals surface area contributed by atoms with E-state index in [4.69, 9.17) is 4.74 Å². The third-order valence-electron chi connectivity index (χ3n) is 4.88. The van der Waals surface area contributed by atoms with Crippen molar-refractivity contribution in [1.82, 2.24) is 14.9 Å². The van der Waals surface area contributed by atoms with Crippen molar-refractivity contribution in [1.29, 1.82) is 0 Å². The Bertz CT molecular complexity index is 963. The molecule has 7 nitrogen and oxygen atoms in total. The van der Waals surface area contributed by atoms with Gasteiger partial charge in [-0.3, -0.25) is 0 Å². The number of aromatic nitrogens is 2. The highest BCUT2D eigenvalue weighted by atomic mass is 16.5. The van der Waals surface area contributed by atoms with Gasteiger partial charge in [-0.25, -0.2) is 14.6 Å². The number of esters is 1. The summed E-state index contributed by atoms with van der Waals surface area (Å²) >= 11 is 0. The van der Waals surface area contributed by atoms with Crippen LogP contribution in [0.4, 0.5) is 10.5 Å². The summed E-state index contributed by atoms with van der Waals surface area (Å²) in [6.07, 6.45) is 1.80. The van der Waals surface area contributed by atoms with E-state index in [1.54, 1.807) is 36.1 Å². The minimum atomic E-state index is -0.370. The number of urea groups is 1. The fraction of sp³-hybridized carbons (Fsp3) is 0.286. The molecule has 4 rings (SSSR count). The van der Waals surface area contributed by atoms with E-state index in [2.05, 4.69) is 15.3 Å². The number of para-hydroxylation sites is 2. The molecule has 2 N–H and O–H groups in total. The van der Waals surface area contributed by atoms with Crippen molar-refractivity contribution in [2.24, 2.45) is 0 Å². The first-order valence-electron chi connectivity index (χ1n) is 9.45. The molecule has 1 atom stereocenters. The number of likely N-dealkylation sites (tertiary alicyclic amines) is 1. The number of nitrogens with zero attached hydrogens (tertiary/aromatic N) is 2. The lowest BCUT2D eigenvalue weighted by Crippen LogP contribution is -2.34. The molecule has 2 heterocycles. The number of benzene rings is 2. The highest BCUT2D eigenvalue weighted by Gasteiger charge is 2.32. The van der Waals surface area contributed by atoms with E-state index in [1.807, 2.05) is 24.3 Å². The molecule has 1 aromatic heterocycles. The van der Waals surface area contributed by atoms with E-state index < -0.39 is 0 Å². The van der Waals surface area contributed by atoms with Crippen LogP contribution in [-0.4, -0.2) is 40.0 Å². The van der Waals surface area contributed by atoms with E-state index >= 15 is 0 Å². The van der Waals surface area contributed by atoms with E-state index in [0.717, 1.165) is 29.7 Å². The standard InChI is InChI=1S/C21H22N4O3/c1-2-28-20(26)14-9-11-15(12-10-14)22-21(27)25-13-5-8-18(25)19-23-16-6-3-4-7-17(16)24-19/h3-4,6-7,9-12,18H,2,5,8,13H2,1H3,(H,22,27)(H,23,24)/t18-/m1/s1. The van der Waals surface area contributed by atoms with Gasteiger partial charge in [0.1, 0.15) is 5.82 Å². The summed E-state index contributed by atoms with van der Waals surface area (Å²) in [6.45, 7) is 2.77. The molecule has 1 aliphatic heterocycles. The molecule has 1 fully saturated rings. The molecular weight excluding hydrogens is 356 g/mol. The van der Waals surface area contributed by atoms with Gasteiger partial charge in [-0.05, 0) is 56.2 Å². The van der Waals surface area contributed by atoms with Crippen molar-refractivity contribution >= 4 is 28.7 Å². The van der Waals surface area contributed by atoms with Gasteiger partial charge in [0.25, 0.3) is 0 Å². The van der Waals surface area contributed by atoms with Crippen LogP contribution < -0.4 is 5.32 Å². The van der Waals surface area contributed by atoms with E-state index in [9.17, 15) is 9.59 Å². The number of fused-ring (bicyclic) bond motifs is 1. The number of carbonyl (C=O) groups excluding carboxylic acids is 2. The number of amides is 2. The fourth-order valence-electron chi connectivity index (χ4n) is 3.52. The van der Waals surface area contributed by atoms with Crippen molar-refractivity contribution in [3.63, 3.8) is 0 Å². The molecule has 1 saturated heterocycles. The summed E-state index contributed by atoms with van der Waals surface area (Å²) < 4.78 is 4.97. The Morgan fingerprint density at radius 3 is 2.75 bits per heavy atom. The molecule has 28 heavy (non-hydrogen) atoms. The van der Waals surface area contributed by atoms with Gasteiger partial charge < -0.3 is 19.9 Å². The second-order valence-electron chi connectivity index (χ2n) is 6.72. The number of imidazole rings is 1. The lowest BCUT2D eigenvalue weighted by atomic mass is 10.2. The molecule has 0 aliphatic carbocycles. The van der Waals surface area contributed by atoms with Gasteiger partial charge >= 0.3 is 12.0 Å². The maximum atomic E-state index is 12.8. The number of anilines is 1.